The van der Waals surface area contributed by atoms with E-state index in [4.69, 9.17) is 14.2 Å². The number of hydrogen-bond donors (Lipinski definition) is 2. The van der Waals surface area contributed by atoms with Gasteiger partial charge in [-0.15, -0.1) is 24.0 Å². The number of nitrogens with zero attached hydrogens (tertiary/aromatic N) is 1. The second kappa shape index (κ2) is 13.2. The Kier molecular flexibility index (Phi) is 12.5. The lowest BCUT2D eigenvalue weighted by molar-refractivity contribution is 0.145. The lowest BCUT2D eigenvalue weighted by atomic mass is 10.2. The fraction of sp³-hybridized carbons (Fsp3) is 0.562. The van der Waals surface area contributed by atoms with E-state index >= 15 is 0 Å². The highest BCUT2D eigenvalue weighted by Crippen LogP contribution is 2.24. The Hall–Kier alpha value is -1.22. The van der Waals surface area contributed by atoms with Crippen LogP contribution in [0.25, 0.3) is 0 Å². The first-order chi connectivity index (χ1) is 10.7. The highest BCUT2D eigenvalue weighted by molar-refractivity contribution is 14.0. The van der Waals surface area contributed by atoms with Gasteiger partial charge in [-0.25, -0.2) is 0 Å². The maximum absolute atomic E-state index is 5.38. The number of methoxy groups -OCH3 is 2. The second-order valence-corrected chi connectivity index (χ2v) is 4.58. The molecule has 0 bridgehead atoms. The highest BCUT2D eigenvalue weighted by atomic mass is 127. The van der Waals surface area contributed by atoms with E-state index in [0.717, 1.165) is 49.2 Å². The van der Waals surface area contributed by atoms with Crippen molar-refractivity contribution in [2.75, 3.05) is 41.0 Å². The summed E-state index contributed by atoms with van der Waals surface area (Å²) < 4.78 is 15.9. The molecule has 23 heavy (non-hydrogen) atoms. The summed E-state index contributed by atoms with van der Waals surface area (Å²) in [5, 5.41) is 6.52. The van der Waals surface area contributed by atoms with Gasteiger partial charge in [0.05, 0.1) is 14.2 Å². The molecule has 1 rings (SSSR count). The van der Waals surface area contributed by atoms with E-state index in [9.17, 15) is 0 Å². The summed E-state index contributed by atoms with van der Waals surface area (Å²) in [6.45, 7) is 4.95. The van der Waals surface area contributed by atoms with Crippen molar-refractivity contribution < 1.29 is 14.2 Å². The minimum absolute atomic E-state index is 0. The average molecular weight is 437 g/mol. The SMILES string of the molecule is CCOCCCNC(=NC)NCc1ccc(OC)cc1OC.I. The molecule has 0 amide bonds. The molecule has 0 saturated heterocycles. The summed E-state index contributed by atoms with van der Waals surface area (Å²) in [7, 11) is 5.04. The Labute approximate surface area is 156 Å². The van der Waals surface area contributed by atoms with E-state index in [1.807, 2.05) is 25.1 Å². The molecular weight excluding hydrogens is 409 g/mol. The summed E-state index contributed by atoms with van der Waals surface area (Å²) in [6, 6.07) is 5.76. The van der Waals surface area contributed by atoms with E-state index in [1.54, 1.807) is 21.3 Å². The van der Waals surface area contributed by atoms with Crippen molar-refractivity contribution in [2.24, 2.45) is 4.99 Å². The van der Waals surface area contributed by atoms with E-state index < -0.39 is 0 Å². The van der Waals surface area contributed by atoms with Gasteiger partial charge in [-0.1, -0.05) is 0 Å². The van der Waals surface area contributed by atoms with Crippen LogP contribution in [0.1, 0.15) is 18.9 Å². The van der Waals surface area contributed by atoms with Crippen molar-refractivity contribution in [3.8, 4) is 11.5 Å². The lowest BCUT2D eigenvalue weighted by Crippen LogP contribution is -2.37. The number of halogens is 1. The Morgan fingerprint density at radius 1 is 1.17 bits per heavy atom. The largest absolute Gasteiger partial charge is 0.497 e. The van der Waals surface area contributed by atoms with Crippen molar-refractivity contribution in [2.45, 2.75) is 19.9 Å². The maximum atomic E-state index is 5.38. The summed E-state index contributed by atoms with van der Waals surface area (Å²) in [4.78, 5) is 4.20. The van der Waals surface area contributed by atoms with Gasteiger partial charge in [0.25, 0.3) is 0 Å². The molecule has 6 nitrogen and oxygen atoms in total. The predicted molar refractivity (Wildman–Crippen MR) is 104 cm³/mol. The minimum atomic E-state index is 0. The Bertz CT molecular complexity index is 470. The zero-order valence-electron chi connectivity index (χ0n) is 14.3. The fourth-order valence-electron chi connectivity index (χ4n) is 1.92. The van der Waals surface area contributed by atoms with Crippen LogP contribution in [0.3, 0.4) is 0 Å². The number of guanidine groups is 1. The van der Waals surface area contributed by atoms with Gasteiger partial charge in [-0.3, -0.25) is 4.99 Å². The zero-order chi connectivity index (χ0) is 16.2. The Morgan fingerprint density at radius 3 is 2.57 bits per heavy atom. The van der Waals surface area contributed by atoms with Crippen LogP contribution in [0, 0.1) is 0 Å². The van der Waals surface area contributed by atoms with Gasteiger partial charge in [-0.05, 0) is 25.5 Å². The van der Waals surface area contributed by atoms with Crippen LogP contribution < -0.4 is 20.1 Å². The maximum Gasteiger partial charge on any atom is 0.191 e. The third-order valence-electron chi connectivity index (χ3n) is 3.13. The van der Waals surface area contributed by atoms with E-state index in [2.05, 4.69) is 15.6 Å². The number of ether oxygens (including phenoxy) is 3. The Balaban J connectivity index is 0.00000484. The molecule has 1 aromatic rings. The molecule has 0 aromatic heterocycles. The Morgan fingerprint density at radius 2 is 1.96 bits per heavy atom. The first kappa shape index (κ1) is 21.8. The van der Waals surface area contributed by atoms with Gasteiger partial charge in [-0.2, -0.15) is 0 Å². The molecule has 0 saturated carbocycles. The molecule has 0 atom stereocenters. The van der Waals surface area contributed by atoms with Crippen molar-refractivity contribution in [1.29, 1.82) is 0 Å². The number of nitrogens with one attached hydrogen (secondary N) is 2. The molecule has 7 heteroatoms. The van der Waals surface area contributed by atoms with E-state index in [1.165, 1.54) is 0 Å². The summed E-state index contributed by atoms with van der Waals surface area (Å²) in [5.74, 6) is 2.33. The summed E-state index contributed by atoms with van der Waals surface area (Å²) >= 11 is 0. The molecule has 0 aliphatic carbocycles. The highest BCUT2D eigenvalue weighted by Gasteiger charge is 2.06. The third kappa shape index (κ3) is 8.26. The van der Waals surface area contributed by atoms with Crippen LogP contribution in [-0.4, -0.2) is 47.0 Å². The van der Waals surface area contributed by atoms with Gasteiger partial charge < -0.3 is 24.8 Å². The summed E-state index contributed by atoms with van der Waals surface area (Å²) in [6.07, 6.45) is 0.945. The molecule has 132 valence electrons. The molecular formula is C16H28IN3O3. The van der Waals surface area contributed by atoms with Crippen molar-refractivity contribution in [1.82, 2.24) is 10.6 Å². The smallest absolute Gasteiger partial charge is 0.191 e. The topological polar surface area (TPSA) is 64.1 Å². The lowest BCUT2D eigenvalue weighted by Gasteiger charge is -2.14. The van der Waals surface area contributed by atoms with Gasteiger partial charge in [0, 0.05) is 45.0 Å². The van der Waals surface area contributed by atoms with E-state index in [-0.39, 0.29) is 24.0 Å². The average Bonchev–Trinajstić information content (AvgIpc) is 2.57. The standard InChI is InChI=1S/C16H27N3O3.HI/c1-5-22-10-6-9-18-16(17-2)19-12-13-7-8-14(20-3)11-15(13)21-4;/h7-8,11H,5-6,9-10,12H2,1-4H3,(H2,17,18,19);1H. The van der Waals surface area contributed by atoms with Gasteiger partial charge in [0.15, 0.2) is 5.96 Å². The van der Waals surface area contributed by atoms with Crippen LogP contribution in [0.5, 0.6) is 11.5 Å². The van der Waals surface area contributed by atoms with Gasteiger partial charge >= 0.3 is 0 Å². The molecule has 0 heterocycles. The number of hydrogen-bond acceptors (Lipinski definition) is 4. The van der Waals surface area contributed by atoms with Gasteiger partial charge in [0.1, 0.15) is 11.5 Å². The first-order valence-corrected chi connectivity index (χ1v) is 7.48. The normalized spacial score (nSPS) is 10.7. The summed E-state index contributed by atoms with van der Waals surface area (Å²) in [5.41, 5.74) is 1.04. The number of aliphatic imine (C=N–C) groups is 1. The van der Waals surface area contributed by atoms with Crippen molar-refractivity contribution in [3.05, 3.63) is 23.8 Å². The fourth-order valence-corrected chi connectivity index (χ4v) is 1.92. The van der Waals surface area contributed by atoms with Gasteiger partial charge in [0.2, 0.25) is 0 Å². The second-order valence-electron chi connectivity index (χ2n) is 4.58. The van der Waals surface area contributed by atoms with E-state index in [0.29, 0.717) is 6.54 Å². The number of rotatable bonds is 9. The molecule has 0 radical (unpaired) electrons. The molecule has 1 aromatic carbocycles. The van der Waals surface area contributed by atoms with Crippen molar-refractivity contribution >= 4 is 29.9 Å². The molecule has 0 fully saturated rings. The molecule has 0 spiro atoms. The molecule has 0 unspecified atom stereocenters. The quantitative estimate of drug-likeness (QED) is 0.269. The minimum Gasteiger partial charge on any atom is -0.497 e. The molecule has 0 aliphatic heterocycles. The molecule has 0 aliphatic rings. The van der Waals surface area contributed by atoms with Crippen LogP contribution in [-0.2, 0) is 11.3 Å². The first-order valence-electron chi connectivity index (χ1n) is 7.48. The van der Waals surface area contributed by atoms with Crippen LogP contribution >= 0.6 is 24.0 Å². The molecule has 2 N–H and O–H groups in total. The van der Waals surface area contributed by atoms with Crippen LogP contribution in [0.15, 0.2) is 23.2 Å². The van der Waals surface area contributed by atoms with Crippen LogP contribution in [0.2, 0.25) is 0 Å². The zero-order valence-corrected chi connectivity index (χ0v) is 16.7. The van der Waals surface area contributed by atoms with Crippen molar-refractivity contribution in [3.63, 3.8) is 0 Å². The predicted octanol–water partition coefficient (Wildman–Crippen LogP) is 2.41. The van der Waals surface area contributed by atoms with Crippen LogP contribution in [0.4, 0.5) is 0 Å². The monoisotopic (exact) mass is 437 g/mol. The number of benzene rings is 1. The third-order valence-corrected chi connectivity index (χ3v) is 3.13.